The van der Waals surface area contributed by atoms with Crippen molar-refractivity contribution in [1.29, 1.82) is 0 Å². The van der Waals surface area contributed by atoms with E-state index in [2.05, 4.69) is 5.32 Å². The van der Waals surface area contributed by atoms with E-state index in [-0.39, 0.29) is 30.8 Å². The Morgan fingerprint density at radius 2 is 2.03 bits per heavy atom. The molecule has 0 spiro atoms. The number of thiophene rings is 1. The number of rotatable bonds is 8. The lowest BCUT2D eigenvalue weighted by Crippen LogP contribution is -2.50. The molecular formula is C23H29N3O4S. The zero-order valence-electron chi connectivity index (χ0n) is 18.2. The van der Waals surface area contributed by atoms with Gasteiger partial charge in [-0.15, -0.1) is 11.3 Å². The third kappa shape index (κ3) is 5.51. The van der Waals surface area contributed by atoms with E-state index >= 15 is 0 Å². The number of anilines is 1. The average molecular weight is 444 g/mol. The van der Waals surface area contributed by atoms with Crippen LogP contribution in [0.3, 0.4) is 0 Å². The molecule has 1 aliphatic rings. The van der Waals surface area contributed by atoms with E-state index in [1.807, 2.05) is 43.5 Å². The quantitative estimate of drug-likeness (QED) is 0.680. The number of ether oxygens (including phenoxy) is 1. The lowest BCUT2D eigenvalue weighted by Gasteiger charge is -2.30. The minimum absolute atomic E-state index is 0.0902. The van der Waals surface area contributed by atoms with Crippen LogP contribution in [0.4, 0.5) is 5.69 Å². The zero-order valence-corrected chi connectivity index (χ0v) is 19.0. The van der Waals surface area contributed by atoms with Gasteiger partial charge in [0.2, 0.25) is 11.8 Å². The van der Waals surface area contributed by atoms with Crippen LogP contribution in [0.15, 0.2) is 35.7 Å². The van der Waals surface area contributed by atoms with Crippen LogP contribution in [0, 0.1) is 13.8 Å². The lowest BCUT2D eigenvalue weighted by atomic mass is 10.1. The molecular weight excluding hydrogens is 414 g/mol. The van der Waals surface area contributed by atoms with Crippen molar-refractivity contribution in [2.75, 3.05) is 38.7 Å². The molecule has 1 N–H and O–H groups in total. The summed E-state index contributed by atoms with van der Waals surface area (Å²) in [6.45, 7) is 4.98. The van der Waals surface area contributed by atoms with Crippen LogP contribution in [-0.4, -0.2) is 66.9 Å². The number of carbonyl (C=O) groups is 3. The first-order valence-corrected chi connectivity index (χ1v) is 11.3. The molecule has 1 aromatic carbocycles. The smallest absolute Gasteiger partial charge is 0.264 e. The summed E-state index contributed by atoms with van der Waals surface area (Å²) < 4.78 is 5.15. The van der Waals surface area contributed by atoms with Crippen molar-refractivity contribution in [2.45, 2.75) is 32.7 Å². The summed E-state index contributed by atoms with van der Waals surface area (Å²) in [7, 11) is 1.56. The van der Waals surface area contributed by atoms with Crippen molar-refractivity contribution in [3.05, 3.63) is 51.7 Å². The van der Waals surface area contributed by atoms with E-state index in [0.29, 0.717) is 24.4 Å². The summed E-state index contributed by atoms with van der Waals surface area (Å²) in [4.78, 5) is 42.7. The molecule has 8 heteroatoms. The third-order valence-electron chi connectivity index (χ3n) is 5.62. The van der Waals surface area contributed by atoms with Gasteiger partial charge >= 0.3 is 0 Å². The molecule has 31 heavy (non-hydrogen) atoms. The van der Waals surface area contributed by atoms with Gasteiger partial charge in [0.1, 0.15) is 12.6 Å². The summed E-state index contributed by atoms with van der Waals surface area (Å²) in [5.41, 5.74) is 2.81. The first kappa shape index (κ1) is 23.0. The molecule has 1 aromatic heterocycles. The van der Waals surface area contributed by atoms with Gasteiger partial charge < -0.3 is 19.9 Å². The number of methoxy groups -OCH3 is 1. The van der Waals surface area contributed by atoms with Crippen molar-refractivity contribution < 1.29 is 19.1 Å². The van der Waals surface area contributed by atoms with Crippen LogP contribution in [0.5, 0.6) is 0 Å². The molecule has 1 saturated heterocycles. The molecule has 1 fully saturated rings. The highest BCUT2D eigenvalue weighted by atomic mass is 32.1. The molecule has 7 nitrogen and oxygen atoms in total. The highest BCUT2D eigenvalue weighted by Gasteiger charge is 2.37. The minimum atomic E-state index is -0.556. The predicted octanol–water partition coefficient (Wildman–Crippen LogP) is 3.08. The molecule has 0 bridgehead atoms. The fourth-order valence-corrected chi connectivity index (χ4v) is 4.42. The predicted molar refractivity (Wildman–Crippen MR) is 121 cm³/mol. The molecule has 3 rings (SSSR count). The SMILES string of the molecule is COCCN(CC(=O)Nc1cccc(C)c1C)C(=O)C1CCCN1C(=O)c1cccs1. The Balaban J connectivity index is 1.71. The normalized spacial score (nSPS) is 15.7. The summed E-state index contributed by atoms with van der Waals surface area (Å²) in [5.74, 6) is -0.611. The zero-order chi connectivity index (χ0) is 22.4. The van der Waals surface area contributed by atoms with E-state index < -0.39 is 6.04 Å². The number of benzene rings is 1. The van der Waals surface area contributed by atoms with E-state index in [9.17, 15) is 14.4 Å². The van der Waals surface area contributed by atoms with Gasteiger partial charge in [-0.2, -0.15) is 0 Å². The van der Waals surface area contributed by atoms with E-state index in [1.165, 1.54) is 16.2 Å². The fraction of sp³-hybridized carbons (Fsp3) is 0.435. The topological polar surface area (TPSA) is 79.0 Å². The Morgan fingerprint density at radius 1 is 1.23 bits per heavy atom. The molecule has 166 valence electrons. The highest BCUT2D eigenvalue weighted by Crippen LogP contribution is 2.24. The highest BCUT2D eigenvalue weighted by molar-refractivity contribution is 7.12. The van der Waals surface area contributed by atoms with Crippen LogP contribution in [0.1, 0.15) is 33.6 Å². The van der Waals surface area contributed by atoms with Gasteiger partial charge in [0.05, 0.1) is 11.5 Å². The number of hydrogen-bond donors (Lipinski definition) is 1. The Morgan fingerprint density at radius 3 is 2.74 bits per heavy atom. The molecule has 3 amide bonds. The molecule has 1 aliphatic heterocycles. The van der Waals surface area contributed by atoms with Gasteiger partial charge in [-0.25, -0.2) is 0 Å². The van der Waals surface area contributed by atoms with Gasteiger partial charge in [-0.05, 0) is 55.3 Å². The maximum atomic E-state index is 13.3. The maximum absolute atomic E-state index is 13.3. The number of likely N-dealkylation sites (tertiary alicyclic amines) is 1. The standard InChI is InChI=1S/C23H29N3O4S/c1-16-7-4-8-18(17(16)2)24-21(27)15-25(12-13-30-3)22(28)19-9-5-11-26(19)23(29)20-10-6-14-31-20/h4,6-8,10,14,19H,5,9,11-13,15H2,1-3H3,(H,24,27). The summed E-state index contributed by atoms with van der Waals surface area (Å²) in [5, 5.41) is 4.76. The van der Waals surface area contributed by atoms with Crippen LogP contribution < -0.4 is 5.32 Å². The number of nitrogens with one attached hydrogen (secondary N) is 1. The molecule has 2 aromatic rings. The summed E-state index contributed by atoms with van der Waals surface area (Å²) >= 11 is 1.37. The molecule has 2 heterocycles. The van der Waals surface area contributed by atoms with Crippen LogP contribution >= 0.6 is 11.3 Å². The first-order valence-electron chi connectivity index (χ1n) is 10.4. The molecule has 1 unspecified atom stereocenters. The molecule has 0 aliphatic carbocycles. The molecule has 0 saturated carbocycles. The third-order valence-corrected chi connectivity index (χ3v) is 6.48. The van der Waals surface area contributed by atoms with Gasteiger partial charge in [0, 0.05) is 25.9 Å². The second-order valence-electron chi connectivity index (χ2n) is 7.68. The fourth-order valence-electron chi connectivity index (χ4n) is 3.74. The van der Waals surface area contributed by atoms with Crippen molar-refractivity contribution >= 4 is 34.7 Å². The first-order chi connectivity index (χ1) is 14.9. The van der Waals surface area contributed by atoms with Crippen molar-refractivity contribution in [3.8, 4) is 0 Å². The molecule has 1 atom stereocenters. The van der Waals surface area contributed by atoms with E-state index in [0.717, 1.165) is 23.2 Å². The Labute approximate surface area is 187 Å². The van der Waals surface area contributed by atoms with E-state index in [4.69, 9.17) is 4.74 Å². The van der Waals surface area contributed by atoms with Crippen molar-refractivity contribution in [2.24, 2.45) is 0 Å². The Bertz CT molecular complexity index is 929. The van der Waals surface area contributed by atoms with Crippen molar-refractivity contribution in [1.82, 2.24) is 9.80 Å². The van der Waals surface area contributed by atoms with E-state index in [1.54, 1.807) is 18.1 Å². The largest absolute Gasteiger partial charge is 0.383 e. The van der Waals surface area contributed by atoms with Crippen LogP contribution in [-0.2, 0) is 14.3 Å². The number of aryl methyl sites for hydroxylation is 1. The number of carbonyl (C=O) groups excluding carboxylic acids is 3. The Hall–Kier alpha value is -2.71. The van der Waals surface area contributed by atoms with Gasteiger partial charge in [0.15, 0.2) is 0 Å². The second kappa shape index (κ2) is 10.5. The second-order valence-corrected chi connectivity index (χ2v) is 8.63. The van der Waals surface area contributed by atoms with Gasteiger partial charge in [-0.3, -0.25) is 14.4 Å². The van der Waals surface area contributed by atoms with Gasteiger partial charge in [-0.1, -0.05) is 18.2 Å². The van der Waals surface area contributed by atoms with Gasteiger partial charge in [0.25, 0.3) is 5.91 Å². The number of nitrogens with zero attached hydrogens (tertiary/aromatic N) is 2. The minimum Gasteiger partial charge on any atom is -0.383 e. The Kier molecular flexibility index (Phi) is 7.81. The summed E-state index contributed by atoms with van der Waals surface area (Å²) in [6, 6.07) is 8.76. The van der Waals surface area contributed by atoms with Crippen LogP contribution in [0.2, 0.25) is 0 Å². The van der Waals surface area contributed by atoms with Crippen molar-refractivity contribution in [3.63, 3.8) is 0 Å². The monoisotopic (exact) mass is 443 g/mol. The summed E-state index contributed by atoms with van der Waals surface area (Å²) in [6.07, 6.45) is 1.36. The number of amides is 3. The lowest BCUT2D eigenvalue weighted by molar-refractivity contribution is -0.138. The van der Waals surface area contributed by atoms with Crippen LogP contribution in [0.25, 0.3) is 0 Å². The molecule has 0 radical (unpaired) electrons. The average Bonchev–Trinajstić information content (AvgIpc) is 3.45. The maximum Gasteiger partial charge on any atom is 0.264 e. The number of hydrogen-bond acceptors (Lipinski definition) is 5.